The first-order valence-corrected chi connectivity index (χ1v) is 7.56. The second-order valence-corrected chi connectivity index (χ2v) is 6.51. The van der Waals surface area contributed by atoms with Gasteiger partial charge in [-0.05, 0) is 25.1 Å². The molecule has 2 rings (SSSR count). The van der Waals surface area contributed by atoms with Crippen LogP contribution in [0, 0.1) is 5.41 Å². The Kier molecular flexibility index (Phi) is 4.65. The summed E-state index contributed by atoms with van der Waals surface area (Å²) in [6.07, 6.45) is 2.34. The topological polar surface area (TPSA) is 21.3 Å². The Bertz CT molecular complexity index is 448. The lowest BCUT2D eigenvalue weighted by molar-refractivity contribution is -0.0545. The highest BCUT2D eigenvalue weighted by atomic mass is 35.5. The van der Waals surface area contributed by atoms with Gasteiger partial charge in [0, 0.05) is 17.9 Å². The van der Waals surface area contributed by atoms with Gasteiger partial charge in [-0.25, -0.2) is 0 Å². The predicted molar refractivity (Wildman–Crippen MR) is 81.4 cm³/mol. The zero-order chi connectivity index (χ0) is 14.0. The molecule has 0 spiro atoms. The quantitative estimate of drug-likeness (QED) is 0.862. The fourth-order valence-corrected chi connectivity index (χ4v) is 2.82. The SMILES string of the molecule is CCCNC1CC(Oc2cccc(Cl)c2Cl)C1(C)C. The molecule has 19 heavy (non-hydrogen) atoms. The summed E-state index contributed by atoms with van der Waals surface area (Å²) in [6.45, 7) is 7.69. The van der Waals surface area contributed by atoms with Crippen LogP contribution in [0.15, 0.2) is 18.2 Å². The number of hydrogen-bond acceptors (Lipinski definition) is 2. The molecule has 0 radical (unpaired) electrons. The van der Waals surface area contributed by atoms with E-state index in [1.165, 1.54) is 0 Å². The number of halogens is 2. The molecule has 1 saturated carbocycles. The number of benzene rings is 1. The predicted octanol–water partition coefficient (Wildman–Crippen LogP) is 4.54. The summed E-state index contributed by atoms with van der Waals surface area (Å²) in [4.78, 5) is 0. The van der Waals surface area contributed by atoms with E-state index in [0.29, 0.717) is 21.8 Å². The van der Waals surface area contributed by atoms with E-state index in [4.69, 9.17) is 27.9 Å². The van der Waals surface area contributed by atoms with Gasteiger partial charge in [0.15, 0.2) is 0 Å². The Morgan fingerprint density at radius 2 is 2.11 bits per heavy atom. The molecule has 0 bridgehead atoms. The van der Waals surface area contributed by atoms with E-state index in [-0.39, 0.29) is 11.5 Å². The van der Waals surface area contributed by atoms with Gasteiger partial charge in [0.25, 0.3) is 0 Å². The number of rotatable bonds is 5. The lowest BCUT2D eigenvalue weighted by Gasteiger charge is -2.51. The highest BCUT2D eigenvalue weighted by molar-refractivity contribution is 6.42. The van der Waals surface area contributed by atoms with Crippen LogP contribution in [0.25, 0.3) is 0 Å². The lowest BCUT2D eigenvalue weighted by atomic mass is 9.64. The number of hydrogen-bond donors (Lipinski definition) is 1. The molecule has 1 N–H and O–H groups in total. The molecule has 0 heterocycles. The van der Waals surface area contributed by atoms with Crippen LogP contribution in [0.4, 0.5) is 0 Å². The van der Waals surface area contributed by atoms with Crippen molar-refractivity contribution in [3.05, 3.63) is 28.2 Å². The molecule has 0 amide bonds. The normalized spacial score (nSPS) is 24.9. The van der Waals surface area contributed by atoms with Crippen LogP contribution < -0.4 is 10.1 Å². The van der Waals surface area contributed by atoms with E-state index < -0.39 is 0 Å². The molecular weight excluding hydrogens is 281 g/mol. The average molecular weight is 302 g/mol. The van der Waals surface area contributed by atoms with E-state index in [1.54, 1.807) is 6.07 Å². The maximum Gasteiger partial charge on any atom is 0.139 e. The fraction of sp³-hybridized carbons (Fsp3) is 0.600. The lowest BCUT2D eigenvalue weighted by Crippen LogP contribution is -2.62. The highest BCUT2D eigenvalue weighted by Gasteiger charge is 2.49. The maximum absolute atomic E-state index is 6.16. The van der Waals surface area contributed by atoms with Gasteiger partial charge in [-0.2, -0.15) is 0 Å². The summed E-state index contributed by atoms with van der Waals surface area (Å²) >= 11 is 12.2. The van der Waals surface area contributed by atoms with Crippen molar-refractivity contribution in [2.75, 3.05) is 6.54 Å². The van der Waals surface area contributed by atoms with Crippen LogP contribution in [0.3, 0.4) is 0 Å². The second-order valence-electron chi connectivity index (χ2n) is 5.72. The van der Waals surface area contributed by atoms with Crippen LogP contribution in [-0.4, -0.2) is 18.7 Å². The first-order chi connectivity index (χ1) is 8.96. The van der Waals surface area contributed by atoms with Gasteiger partial charge >= 0.3 is 0 Å². The van der Waals surface area contributed by atoms with Gasteiger partial charge in [0.2, 0.25) is 0 Å². The molecule has 1 aromatic rings. The summed E-state index contributed by atoms with van der Waals surface area (Å²) in [5.41, 5.74) is 0.112. The Morgan fingerprint density at radius 1 is 1.37 bits per heavy atom. The summed E-state index contributed by atoms with van der Waals surface area (Å²) in [5, 5.41) is 4.61. The fourth-order valence-electron chi connectivity index (χ4n) is 2.48. The number of nitrogens with one attached hydrogen (secondary N) is 1. The van der Waals surface area contributed by atoms with Gasteiger partial charge in [0.1, 0.15) is 16.9 Å². The van der Waals surface area contributed by atoms with Crippen molar-refractivity contribution >= 4 is 23.2 Å². The van der Waals surface area contributed by atoms with E-state index in [2.05, 4.69) is 26.1 Å². The highest BCUT2D eigenvalue weighted by Crippen LogP contribution is 2.44. The van der Waals surface area contributed by atoms with Crippen LogP contribution in [0.5, 0.6) is 5.75 Å². The molecule has 0 aliphatic heterocycles. The third kappa shape index (κ3) is 3.01. The molecule has 2 unspecified atom stereocenters. The van der Waals surface area contributed by atoms with E-state index in [1.807, 2.05) is 12.1 Å². The van der Waals surface area contributed by atoms with Gasteiger partial charge < -0.3 is 10.1 Å². The Hall–Kier alpha value is -0.440. The molecule has 1 aromatic carbocycles. The minimum absolute atomic E-state index is 0.112. The summed E-state index contributed by atoms with van der Waals surface area (Å²) < 4.78 is 6.03. The first-order valence-electron chi connectivity index (χ1n) is 6.80. The Morgan fingerprint density at radius 3 is 2.74 bits per heavy atom. The third-order valence-electron chi connectivity index (χ3n) is 4.00. The molecule has 0 aromatic heterocycles. The Labute approximate surface area is 125 Å². The summed E-state index contributed by atoms with van der Waals surface area (Å²) in [5.74, 6) is 0.682. The van der Waals surface area contributed by atoms with Crippen LogP contribution in [-0.2, 0) is 0 Å². The Balaban J connectivity index is 2.00. The van der Waals surface area contributed by atoms with E-state index in [9.17, 15) is 0 Å². The van der Waals surface area contributed by atoms with Gasteiger partial charge in [-0.3, -0.25) is 0 Å². The minimum Gasteiger partial charge on any atom is -0.488 e. The van der Waals surface area contributed by atoms with E-state index in [0.717, 1.165) is 19.4 Å². The zero-order valence-corrected chi connectivity index (χ0v) is 13.2. The molecular formula is C15H21Cl2NO. The van der Waals surface area contributed by atoms with Gasteiger partial charge in [-0.15, -0.1) is 0 Å². The summed E-state index contributed by atoms with van der Waals surface area (Å²) in [7, 11) is 0. The van der Waals surface area contributed by atoms with Crippen molar-refractivity contribution in [2.45, 2.75) is 45.8 Å². The van der Waals surface area contributed by atoms with Crippen molar-refractivity contribution in [2.24, 2.45) is 5.41 Å². The van der Waals surface area contributed by atoms with Gasteiger partial charge in [0.05, 0.1) is 5.02 Å². The third-order valence-corrected chi connectivity index (χ3v) is 4.81. The van der Waals surface area contributed by atoms with Crippen LogP contribution in [0.1, 0.15) is 33.6 Å². The maximum atomic E-state index is 6.16. The minimum atomic E-state index is 0.112. The molecule has 1 aliphatic rings. The zero-order valence-electron chi connectivity index (χ0n) is 11.7. The molecule has 4 heteroatoms. The largest absolute Gasteiger partial charge is 0.488 e. The van der Waals surface area contributed by atoms with Gasteiger partial charge in [-0.1, -0.05) is 50.0 Å². The second kappa shape index (κ2) is 5.90. The summed E-state index contributed by atoms with van der Waals surface area (Å²) in [6, 6.07) is 6.02. The molecule has 1 aliphatic carbocycles. The van der Waals surface area contributed by atoms with Crippen molar-refractivity contribution in [1.29, 1.82) is 0 Å². The molecule has 1 fully saturated rings. The van der Waals surface area contributed by atoms with Crippen molar-refractivity contribution in [1.82, 2.24) is 5.32 Å². The van der Waals surface area contributed by atoms with Crippen LogP contribution in [0.2, 0.25) is 10.0 Å². The monoisotopic (exact) mass is 301 g/mol. The molecule has 2 nitrogen and oxygen atoms in total. The standard InChI is InChI=1S/C15H21Cl2NO/c1-4-8-18-12-9-13(15(12,2)3)19-11-7-5-6-10(16)14(11)17/h5-7,12-13,18H,4,8-9H2,1-3H3. The number of ether oxygens (including phenoxy) is 1. The average Bonchev–Trinajstić information content (AvgIpc) is 2.37. The smallest absolute Gasteiger partial charge is 0.139 e. The van der Waals surface area contributed by atoms with Crippen molar-refractivity contribution < 1.29 is 4.74 Å². The van der Waals surface area contributed by atoms with E-state index >= 15 is 0 Å². The molecule has 106 valence electrons. The molecule has 0 saturated heterocycles. The molecule has 2 atom stereocenters. The van der Waals surface area contributed by atoms with Crippen LogP contribution >= 0.6 is 23.2 Å². The van der Waals surface area contributed by atoms with Crippen molar-refractivity contribution in [3.8, 4) is 5.75 Å². The van der Waals surface area contributed by atoms with Crippen molar-refractivity contribution in [3.63, 3.8) is 0 Å². The first kappa shape index (κ1) is 15.0.